The molecule has 0 atom stereocenters. The van der Waals surface area contributed by atoms with Crippen molar-refractivity contribution in [2.45, 2.75) is 6.42 Å². The smallest absolute Gasteiger partial charge is 0.245 e. The summed E-state index contributed by atoms with van der Waals surface area (Å²) in [5, 5.41) is 5.57. The number of nitrogens with one attached hydrogen (secondary N) is 1. The van der Waals surface area contributed by atoms with Gasteiger partial charge in [0.15, 0.2) is 11.6 Å². The summed E-state index contributed by atoms with van der Waals surface area (Å²) < 4.78 is 25.6. The molecule has 1 aromatic carbocycles. The van der Waals surface area contributed by atoms with Crippen LogP contribution in [0.15, 0.2) is 40.8 Å². The van der Waals surface area contributed by atoms with Crippen molar-refractivity contribution in [1.82, 2.24) is 5.43 Å². The Kier molecular flexibility index (Phi) is 4.35. The van der Waals surface area contributed by atoms with E-state index in [0.29, 0.717) is 5.56 Å². The number of thiophene rings is 1. The Morgan fingerprint density at radius 3 is 2.84 bits per heavy atom. The molecule has 98 valence electrons. The molecule has 0 fully saturated rings. The number of rotatable bonds is 4. The van der Waals surface area contributed by atoms with Crippen LogP contribution in [0.3, 0.4) is 0 Å². The van der Waals surface area contributed by atoms with Crippen LogP contribution in [-0.4, -0.2) is 12.1 Å². The van der Waals surface area contributed by atoms with E-state index in [-0.39, 0.29) is 12.3 Å². The van der Waals surface area contributed by atoms with Crippen molar-refractivity contribution in [3.05, 3.63) is 57.8 Å². The maximum absolute atomic E-state index is 12.9. The van der Waals surface area contributed by atoms with Gasteiger partial charge in [0.25, 0.3) is 0 Å². The normalized spacial score (nSPS) is 10.8. The molecule has 0 unspecified atom stereocenters. The summed E-state index contributed by atoms with van der Waals surface area (Å²) in [5.41, 5.74) is 2.70. The highest BCUT2D eigenvalue weighted by Crippen LogP contribution is 2.09. The second kappa shape index (κ2) is 6.19. The van der Waals surface area contributed by atoms with Gasteiger partial charge in [-0.2, -0.15) is 5.10 Å². The number of hydrogen-bond acceptors (Lipinski definition) is 3. The van der Waals surface area contributed by atoms with Crippen molar-refractivity contribution >= 4 is 23.5 Å². The van der Waals surface area contributed by atoms with Gasteiger partial charge in [-0.15, -0.1) is 11.3 Å². The maximum Gasteiger partial charge on any atom is 0.245 e. The molecule has 6 heteroatoms. The Morgan fingerprint density at radius 2 is 2.16 bits per heavy atom. The van der Waals surface area contributed by atoms with Crippen LogP contribution in [0.2, 0.25) is 0 Å². The van der Waals surface area contributed by atoms with Crippen LogP contribution < -0.4 is 5.43 Å². The van der Waals surface area contributed by atoms with Crippen LogP contribution in [0.4, 0.5) is 8.78 Å². The fourth-order valence-electron chi connectivity index (χ4n) is 1.38. The summed E-state index contributed by atoms with van der Waals surface area (Å²) in [6.07, 6.45) is 1.50. The molecule has 0 saturated heterocycles. The minimum atomic E-state index is -0.950. The number of amides is 1. The molecule has 3 nitrogen and oxygen atoms in total. The molecule has 0 aliphatic carbocycles. The van der Waals surface area contributed by atoms with Crippen molar-refractivity contribution in [3.63, 3.8) is 0 Å². The van der Waals surface area contributed by atoms with Crippen LogP contribution in [0.25, 0.3) is 0 Å². The SMILES string of the molecule is O=C(Cc1cccs1)N/N=C\c1ccc(F)c(F)c1. The highest BCUT2D eigenvalue weighted by Gasteiger charge is 2.03. The summed E-state index contributed by atoms with van der Waals surface area (Å²) in [6.45, 7) is 0. The third-order valence-corrected chi connectivity index (χ3v) is 3.14. The first kappa shape index (κ1) is 13.4. The lowest BCUT2D eigenvalue weighted by Gasteiger charge is -1.98. The van der Waals surface area contributed by atoms with Crippen LogP contribution in [0.5, 0.6) is 0 Å². The van der Waals surface area contributed by atoms with Gasteiger partial charge in [-0.25, -0.2) is 14.2 Å². The first-order chi connectivity index (χ1) is 9.15. The van der Waals surface area contributed by atoms with Gasteiger partial charge in [-0.1, -0.05) is 12.1 Å². The summed E-state index contributed by atoms with van der Waals surface area (Å²) in [5.74, 6) is -2.13. The zero-order valence-corrected chi connectivity index (χ0v) is 10.6. The van der Waals surface area contributed by atoms with Crippen LogP contribution in [-0.2, 0) is 11.2 Å². The molecular weight excluding hydrogens is 270 g/mol. The van der Waals surface area contributed by atoms with Crippen molar-refractivity contribution in [1.29, 1.82) is 0 Å². The highest BCUT2D eigenvalue weighted by atomic mass is 32.1. The monoisotopic (exact) mass is 280 g/mol. The molecule has 1 heterocycles. The van der Waals surface area contributed by atoms with E-state index in [1.54, 1.807) is 0 Å². The summed E-state index contributed by atoms with van der Waals surface area (Å²) in [4.78, 5) is 12.4. The Bertz CT molecular complexity index is 597. The van der Waals surface area contributed by atoms with Gasteiger partial charge in [0.1, 0.15) is 0 Å². The van der Waals surface area contributed by atoms with E-state index >= 15 is 0 Å². The fraction of sp³-hybridized carbons (Fsp3) is 0.0769. The Balaban J connectivity index is 1.89. The number of hydrogen-bond donors (Lipinski definition) is 1. The number of benzene rings is 1. The minimum absolute atomic E-state index is 0.243. The number of carbonyl (C=O) groups is 1. The predicted octanol–water partition coefficient (Wildman–Crippen LogP) is 2.72. The lowest BCUT2D eigenvalue weighted by atomic mass is 10.2. The van der Waals surface area contributed by atoms with E-state index < -0.39 is 11.6 Å². The molecule has 1 aromatic heterocycles. The molecule has 0 radical (unpaired) electrons. The van der Waals surface area contributed by atoms with Crippen molar-refractivity contribution in [3.8, 4) is 0 Å². The lowest BCUT2D eigenvalue weighted by molar-refractivity contribution is -0.120. The van der Waals surface area contributed by atoms with Gasteiger partial charge in [0, 0.05) is 4.88 Å². The zero-order valence-electron chi connectivity index (χ0n) is 9.77. The Morgan fingerprint density at radius 1 is 1.32 bits per heavy atom. The minimum Gasteiger partial charge on any atom is -0.273 e. The first-order valence-electron chi connectivity index (χ1n) is 5.44. The van der Waals surface area contributed by atoms with Gasteiger partial charge < -0.3 is 0 Å². The second-order valence-electron chi connectivity index (χ2n) is 3.72. The molecule has 2 rings (SSSR count). The van der Waals surface area contributed by atoms with Crippen molar-refractivity contribution in [2.75, 3.05) is 0 Å². The molecule has 1 N–H and O–H groups in total. The van der Waals surface area contributed by atoms with E-state index in [1.165, 1.54) is 23.6 Å². The standard InChI is InChI=1S/C13H10F2N2OS/c14-11-4-3-9(6-12(11)15)8-16-17-13(18)7-10-2-1-5-19-10/h1-6,8H,7H2,(H,17,18)/b16-8-. The molecule has 0 spiro atoms. The van der Waals surface area contributed by atoms with E-state index in [4.69, 9.17) is 0 Å². The third kappa shape index (κ3) is 3.96. The van der Waals surface area contributed by atoms with Crippen LogP contribution in [0.1, 0.15) is 10.4 Å². The van der Waals surface area contributed by atoms with Gasteiger partial charge in [-0.05, 0) is 29.1 Å². The molecule has 0 saturated carbocycles. The van der Waals surface area contributed by atoms with E-state index in [1.807, 2.05) is 17.5 Å². The summed E-state index contributed by atoms with van der Waals surface area (Å²) in [7, 11) is 0. The highest BCUT2D eigenvalue weighted by molar-refractivity contribution is 7.10. The third-order valence-electron chi connectivity index (χ3n) is 2.26. The number of carbonyl (C=O) groups excluding carboxylic acids is 1. The quantitative estimate of drug-likeness (QED) is 0.679. The lowest BCUT2D eigenvalue weighted by Crippen LogP contribution is -2.19. The molecule has 1 amide bonds. The maximum atomic E-state index is 12.9. The topological polar surface area (TPSA) is 41.5 Å². The number of hydrazone groups is 1. The van der Waals surface area contributed by atoms with E-state index in [0.717, 1.165) is 17.0 Å². The van der Waals surface area contributed by atoms with Gasteiger partial charge in [0.05, 0.1) is 12.6 Å². The Labute approximate surface area is 112 Å². The number of halogens is 2. The average molecular weight is 280 g/mol. The first-order valence-corrected chi connectivity index (χ1v) is 6.32. The molecule has 2 aromatic rings. The van der Waals surface area contributed by atoms with E-state index in [9.17, 15) is 13.6 Å². The number of nitrogens with zero attached hydrogens (tertiary/aromatic N) is 1. The molecular formula is C13H10F2N2OS. The average Bonchev–Trinajstić information content (AvgIpc) is 2.86. The molecule has 0 bridgehead atoms. The summed E-state index contributed by atoms with van der Waals surface area (Å²) >= 11 is 1.48. The summed E-state index contributed by atoms with van der Waals surface area (Å²) in [6, 6.07) is 7.09. The molecule has 19 heavy (non-hydrogen) atoms. The Hall–Kier alpha value is -2.08. The molecule has 0 aliphatic heterocycles. The van der Waals surface area contributed by atoms with Crippen molar-refractivity contribution in [2.24, 2.45) is 5.10 Å². The van der Waals surface area contributed by atoms with Crippen LogP contribution >= 0.6 is 11.3 Å². The van der Waals surface area contributed by atoms with E-state index in [2.05, 4.69) is 10.5 Å². The fourth-order valence-corrected chi connectivity index (χ4v) is 2.09. The second-order valence-corrected chi connectivity index (χ2v) is 4.76. The zero-order chi connectivity index (χ0) is 13.7. The van der Waals surface area contributed by atoms with Crippen LogP contribution in [0, 0.1) is 11.6 Å². The molecule has 0 aliphatic rings. The predicted molar refractivity (Wildman–Crippen MR) is 70.1 cm³/mol. The van der Waals surface area contributed by atoms with Gasteiger partial charge in [-0.3, -0.25) is 4.79 Å². The van der Waals surface area contributed by atoms with Gasteiger partial charge in [0.2, 0.25) is 5.91 Å². The largest absolute Gasteiger partial charge is 0.273 e. The van der Waals surface area contributed by atoms with Gasteiger partial charge >= 0.3 is 0 Å². The van der Waals surface area contributed by atoms with Crippen molar-refractivity contribution < 1.29 is 13.6 Å².